The van der Waals surface area contributed by atoms with Crippen LogP contribution in [-0.4, -0.2) is 28.0 Å². The number of anilines is 1. The first kappa shape index (κ1) is 15.1. The van der Waals surface area contributed by atoms with E-state index < -0.39 is 0 Å². The molecule has 1 saturated heterocycles. The van der Waals surface area contributed by atoms with Crippen LogP contribution in [0.5, 0.6) is 0 Å². The molecular formula is C22H20N4. The summed E-state index contributed by atoms with van der Waals surface area (Å²) in [6, 6.07) is 20.8. The average molecular weight is 340 g/mol. The van der Waals surface area contributed by atoms with Crippen LogP contribution >= 0.6 is 0 Å². The number of nitrogens with one attached hydrogen (secondary N) is 1. The fourth-order valence-electron chi connectivity index (χ4n) is 3.78. The Labute approximate surface area is 152 Å². The molecule has 0 atom stereocenters. The summed E-state index contributed by atoms with van der Waals surface area (Å²) in [5, 5.41) is 0. The second-order valence-electron chi connectivity index (χ2n) is 6.72. The summed E-state index contributed by atoms with van der Waals surface area (Å²) < 4.78 is 0. The molecule has 0 amide bonds. The molecule has 0 unspecified atom stereocenters. The van der Waals surface area contributed by atoms with Crippen LogP contribution in [0.25, 0.3) is 33.5 Å². The number of para-hydroxylation sites is 2. The van der Waals surface area contributed by atoms with Gasteiger partial charge in [-0.15, -0.1) is 0 Å². The summed E-state index contributed by atoms with van der Waals surface area (Å²) in [5.74, 6) is 1.92. The smallest absolute Gasteiger partial charge is 0.142 e. The normalized spacial score (nSPS) is 14.2. The molecule has 128 valence electrons. The van der Waals surface area contributed by atoms with Gasteiger partial charge < -0.3 is 9.88 Å². The van der Waals surface area contributed by atoms with Crippen molar-refractivity contribution in [3.05, 3.63) is 66.9 Å². The van der Waals surface area contributed by atoms with Crippen LogP contribution in [0.1, 0.15) is 12.8 Å². The molecule has 3 heterocycles. The first-order valence-electron chi connectivity index (χ1n) is 9.15. The molecule has 2 aromatic carbocycles. The van der Waals surface area contributed by atoms with Crippen molar-refractivity contribution in [2.75, 3.05) is 18.0 Å². The Kier molecular flexibility index (Phi) is 3.67. The number of H-pyrrole nitrogens is 1. The number of fused-ring (bicyclic) bond motifs is 1. The van der Waals surface area contributed by atoms with E-state index in [-0.39, 0.29) is 0 Å². The van der Waals surface area contributed by atoms with E-state index in [9.17, 15) is 0 Å². The largest absolute Gasteiger partial charge is 0.356 e. The molecule has 26 heavy (non-hydrogen) atoms. The third-order valence-electron chi connectivity index (χ3n) is 5.05. The number of aromatic amines is 1. The molecule has 1 N–H and O–H groups in total. The van der Waals surface area contributed by atoms with E-state index in [2.05, 4.69) is 46.3 Å². The number of rotatable bonds is 3. The Morgan fingerprint density at radius 1 is 0.846 bits per heavy atom. The van der Waals surface area contributed by atoms with Crippen molar-refractivity contribution in [3.8, 4) is 22.5 Å². The highest BCUT2D eigenvalue weighted by atomic mass is 15.2. The lowest BCUT2D eigenvalue weighted by molar-refractivity contribution is 0.938. The van der Waals surface area contributed by atoms with Gasteiger partial charge in [-0.25, -0.2) is 9.97 Å². The Bertz CT molecular complexity index is 1010. The fourth-order valence-corrected chi connectivity index (χ4v) is 3.78. The van der Waals surface area contributed by atoms with Crippen LogP contribution in [-0.2, 0) is 0 Å². The molecule has 4 heteroatoms. The molecule has 1 aliphatic heterocycles. The van der Waals surface area contributed by atoms with Gasteiger partial charge in [-0.2, -0.15) is 0 Å². The Morgan fingerprint density at radius 3 is 2.42 bits per heavy atom. The predicted molar refractivity (Wildman–Crippen MR) is 106 cm³/mol. The van der Waals surface area contributed by atoms with Gasteiger partial charge in [-0.3, -0.25) is 0 Å². The fraction of sp³-hybridized carbons (Fsp3) is 0.182. The van der Waals surface area contributed by atoms with Crippen LogP contribution in [0.4, 0.5) is 5.82 Å². The van der Waals surface area contributed by atoms with Crippen molar-refractivity contribution in [1.82, 2.24) is 15.0 Å². The van der Waals surface area contributed by atoms with Crippen molar-refractivity contribution < 1.29 is 0 Å². The molecular weight excluding hydrogens is 320 g/mol. The van der Waals surface area contributed by atoms with E-state index in [1.165, 1.54) is 24.0 Å². The van der Waals surface area contributed by atoms with Crippen LogP contribution in [0, 0.1) is 0 Å². The lowest BCUT2D eigenvalue weighted by atomic mass is 10.00. The third kappa shape index (κ3) is 2.54. The lowest BCUT2D eigenvalue weighted by Crippen LogP contribution is -2.20. The Hall–Kier alpha value is -3.14. The monoisotopic (exact) mass is 340 g/mol. The SMILES string of the molecule is c1ccc(-c2ccnc(N3CCCC3)c2-c2nc3ccccc3[nH]2)cc1. The van der Waals surface area contributed by atoms with E-state index in [4.69, 9.17) is 9.97 Å². The molecule has 0 spiro atoms. The second-order valence-corrected chi connectivity index (χ2v) is 6.72. The minimum Gasteiger partial charge on any atom is -0.356 e. The first-order valence-corrected chi connectivity index (χ1v) is 9.15. The highest BCUT2D eigenvalue weighted by Crippen LogP contribution is 2.38. The maximum Gasteiger partial charge on any atom is 0.142 e. The highest BCUT2D eigenvalue weighted by molar-refractivity contribution is 5.91. The minimum atomic E-state index is 0.889. The molecule has 5 rings (SSSR count). The molecule has 1 aliphatic rings. The topological polar surface area (TPSA) is 44.8 Å². The van der Waals surface area contributed by atoms with E-state index in [0.717, 1.165) is 41.3 Å². The van der Waals surface area contributed by atoms with Gasteiger partial charge in [0, 0.05) is 19.3 Å². The molecule has 2 aromatic heterocycles. The average Bonchev–Trinajstić information content (AvgIpc) is 3.37. The summed E-state index contributed by atoms with van der Waals surface area (Å²) in [6.07, 6.45) is 4.36. The van der Waals surface area contributed by atoms with E-state index in [1.54, 1.807) is 0 Å². The Morgan fingerprint density at radius 2 is 1.62 bits per heavy atom. The van der Waals surface area contributed by atoms with Gasteiger partial charge in [0.2, 0.25) is 0 Å². The summed E-state index contributed by atoms with van der Waals surface area (Å²) in [6.45, 7) is 2.11. The van der Waals surface area contributed by atoms with Gasteiger partial charge in [-0.05, 0) is 42.2 Å². The lowest BCUT2D eigenvalue weighted by Gasteiger charge is -2.21. The minimum absolute atomic E-state index is 0.889. The molecule has 0 bridgehead atoms. The Balaban J connectivity index is 1.77. The van der Waals surface area contributed by atoms with Gasteiger partial charge in [0.15, 0.2) is 0 Å². The summed E-state index contributed by atoms with van der Waals surface area (Å²) in [4.78, 5) is 15.5. The first-order chi connectivity index (χ1) is 12.9. The standard InChI is InChI=1S/C22H20N4/c1-2-8-16(9-3-1)17-12-13-23-22(26-14-6-7-15-26)20(17)21-24-18-10-4-5-11-19(18)25-21/h1-5,8-13H,6-7,14-15H2,(H,24,25). The number of hydrogen-bond acceptors (Lipinski definition) is 3. The molecule has 0 saturated carbocycles. The van der Waals surface area contributed by atoms with Crippen LogP contribution < -0.4 is 4.90 Å². The molecule has 1 fully saturated rings. The van der Waals surface area contributed by atoms with Crippen molar-refractivity contribution in [1.29, 1.82) is 0 Å². The van der Waals surface area contributed by atoms with Gasteiger partial charge >= 0.3 is 0 Å². The number of imidazole rings is 1. The van der Waals surface area contributed by atoms with Crippen molar-refractivity contribution in [2.45, 2.75) is 12.8 Å². The summed E-state index contributed by atoms with van der Waals surface area (Å²) in [5.41, 5.74) is 5.49. The maximum atomic E-state index is 4.88. The van der Waals surface area contributed by atoms with Gasteiger partial charge in [0.05, 0.1) is 16.6 Å². The van der Waals surface area contributed by atoms with Crippen molar-refractivity contribution in [2.24, 2.45) is 0 Å². The number of hydrogen-bond donors (Lipinski definition) is 1. The second kappa shape index (κ2) is 6.30. The zero-order chi connectivity index (χ0) is 17.3. The van der Waals surface area contributed by atoms with Crippen LogP contribution in [0.2, 0.25) is 0 Å². The number of benzene rings is 2. The van der Waals surface area contributed by atoms with Gasteiger partial charge in [0.25, 0.3) is 0 Å². The highest BCUT2D eigenvalue weighted by Gasteiger charge is 2.23. The van der Waals surface area contributed by atoms with Gasteiger partial charge in [-0.1, -0.05) is 42.5 Å². The summed E-state index contributed by atoms with van der Waals surface area (Å²) >= 11 is 0. The molecule has 4 nitrogen and oxygen atoms in total. The molecule has 0 radical (unpaired) electrons. The third-order valence-corrected chi connectivity index (χ3v) is 5.05. The molecule has 0 aliphatic carbocycles. The van der Waals surface area contributed by atoms with Crippen molar-refractivity contribution >= 4 is 16.9 Å². The predicted octanol–water partition coefficient (Wildman–Crippen LogP) is 4.89. The maximum absolute atomic E-state index is 4.88. The van der Waals surface area contributed by atoms with Crippen LogP contribution in [0.15, 0.2) is 66.9 Å². The summed E-state index contributed by atoms with van der Waals surface area (Å²) in [7, 11) is 0. The number of nitrogens with zero attached hydrogens (tertiary/aromatic N) is 3. The van der Waals surface area contributed by atoms with E-state index in [0.29, 0.717) is 0 Å². The number of aromatic nitrogens is 3. The van der Waals surface area contributed by atoms with Crippen LogP contribution in [0.3, 0.4) is 0 Å². The van der Waals surface area contributed by atoms with Gasteiger partial charge in [0.1, 0.15) is 11.6 Å². The van der Waals surface area contributed by atoms with E-state index in [1.807, 2.05) is 30.5 Å². The van der Waals surface area contributed by atoms with E-state index >= 15 is 0 Å². The van der Waals surface area contributed by atoms with Crippen molar-refractivity contribution in [3.63, 3.8) is 0 Å². The quantitative estimate of drug-likeness (QED) is 0.577. The molecule has 4 aromatic rings. The number of pyridine rings is 1. The zero-order valence-electron chi connectivity index (χ0n) is 14.5. The zero-order valence-corrected chi connectivity index (χ0v) is 14.5.